The van der Waals surface area contributed by atoms with Gasteiger partial charge in [-0.3, -0.25) is 19.9 Å². The smallest absolute Gasteiger partial charge is 0.307 e. The summed E-state index contributed by atoms with van der Waals surface area (Å²) in [7, 11) is 0. The van der Waals surface area contributed by atoms with Crippen LogP contribution in [0.1, 0.15) is 18.9 Å². The highest BCUT2D eigenvalue weighted by atomic mass is 35.5. The quantitative estimate of drug-likeness (QED) is 0.233. The minimum atomic E-state index is -0.349. The fourth-order valence-electron chi connectivity index (χ4n) is 3.51. The van der Waals surface area contributed by atoms with Crippen LogP contribution in [0.2, 0.25) is 5.02 Å². The number of benzene rings is 1. The molecule has 164 valence electrons. The Labute approximate surface area is 185 Å². The van der Waals surface area contributed by atoms with E-state index < -0.39 is 0 Å². The number of nitriles is 1. The van der Waals surface area contributed by atoms with Gasteiger partial charge >= 0.3 is 5.97 Å². The maximum absolute atomic E-state index is 12.5. The molecule has 0 bridgehead atoms. The van der Waals surface area contributed by atoms with Gasteiger partial charge in [-0.15, -0.1) is 0 Å². The number of hydrogen-bond donors (Lipinski definition) is 1. The molecule has 1 aromatic carbocycles. The monoisotopic (exact) mass is 445 g/mol. The lowest BCUT2D eigenvalue weighted by molar-refractivity contribution is -0.144. The van der Waals surface area contributed by atoms with Crippen molar-refractivity contribution in [1.29, 1.82) is 5.26 Å². The molecule has 0 aliphatic carbocycles. The van der Waals surface area contributed by atoms with E-state index in [0.717, 1.165) is 11.1 Å². The van der Waals surface area contributed by atoms with Crippen LogP contribution in [0, 0.1) is 11.5 Å². The van der Waals surface area contributed by atoms with Crippen molar-refractivity contribution in [1.82, 2.24) is 15.1 Å². The molecule has 2 heterocycles. The number of ether oxygens (including phenoxy) is 2. The van der Waals surface area contributed by atoms with Crippen molar-refractivity contribution in [2.24, 2.45) is 4.99 Å². The number of carbonyl (C=O) groups excluding carboxylic acids is 2. The van der Waals surface area contributed by atoms with E-state index >= 15 is 0 Å². The predicted molar refractivity (Wildman–Crippen MR) is 115 cm³/mol. The number of morpholine rings is 1. The number of guanidine groups is 1. The van der Waals surface area contributed by atoms with Crippen molar-refractivity contribution >= 4 is 35.0 Å². The second kappa shape index (κ2) is 10.8. The Morgan fingerprint density at radius 3 is 2.87 bits per heavy atom. The molecule has 1 atom stereocenters. The Morgan fingerprint density at radius 2 is 2.19 bits per heavy atom. The van der Waals surface area contributed by atoms with Crippen LogP contribution < -0.4 is 5.32 Å². The Balaban J connectivity index is 1.86. The molecule has 1 N–H and O–H groups in total. The molecule has 9 nitrogen and oxygen atoms in total. The number of aliphatic imine (C=N–C) groups is 1. The topological polar surface area (TPSA) is 107 Å². The maximum Gasteiger partial charge on any atom is 0.307 e. The standard InChI is InChI=1S/C21H24ClN5O4/c1-2-31-20(29)7-8-24-21(25-14-23)26-11-17(15-3-5-16(22)6-4-15)18(12-26)27-9-10-30-13-19(27)28/h3-6,11,18H,2,7-10,12-13H2,1H3,(H,24,25). The SMILES string of the molecule is CCOC(=O)CCN=C(NC#N)N1C=C(c2ccc(Cl)cc2)C(N2CCOCC2=O)C1. The van der Waals surface area contributed by atoms with Gasteiger partial charge in [-0.1, -0.05) is 23.7 Å². The van der Waals surface area contributed by atoms with E-state index in [1.165, 1.54) is 0 Å². The van der Waals surface area contributed by atoms with Crippen LogP contribution in [0.15, 0.2) is 35.5 Å². The fraction of sp³-hybridized carbons (Fsp3) is 0.429. The molecule has 1 fully saturated rings. The van der Waals surface area contributed by atoms with Crippen molar-refractivity contribution in [3.05, 3.63) is 41.1 Å². The first-order valence-electron chi connectivity index (χ1n) is 10.00. The lowest BCUT2D eigenvalue weighted by atomic mass is 10.00. The normalized spacial score (nSPS) is 19.1. The largest absolute Gasteiger partial charge is 0.466 e. The molecule has 10 heteroatoms. The predicted octanol–water partition coefficient (Wildman–Crippen LogP) is 1.60. The zero-order chi connectivity index (χ0) is 22.2. The highest BCUT2D eigenvalue weighted by Gasteiger charge is 2.36. The van der Waals surface area contributed by atoms with Crippen LogP contribution in [-0.4, -0.2) is 73.1 Å². The zero-order valence-corrected chi connectivity index (χ0v) is 18.0. The molecule has 1 saturated heterocycles. The molecule has 2 aliphatic rings. The first-order chi connectivity index (χ1) is 15.0. The zero-order valence-electron chi connectivity index (χ0n) is 17.2. The van der Waals surface area contributed by atoms with Gasteiger partial charge in [0.2, 0.25) is 11.9 Å². The van der Waals surface area contributed by atoms with E-state index in [2.05, 4.69) is 10.3 Å². The Bertz CT molecular complexity index is 909. The highest BCUT2D eigenvalue weighted by molar-refractivity contribution is 6.30. The van der Waals surface area contributed by atoms with Crippen molar-refractivity contribution in [2.75, 3.05) is 39.5 Å². The van der Waals surface area contributed by atoms with Gasteiger partial charge in [0, 0.05) is 17.8 Å². The van der Waals surface area contributed by atoms with Crippen molar-refractivity contribution in [2.45, 2.75) is 19.4 Å². The molecule has 3 rings (SSSR count). The van der Waals surface area contributed by atoms with Gasteiger partial charge in [-0.05, 0) is 30.2 Å². The summed E-state index contributed by atoms with van der Waals surface area (Å²) >= 11 is 6.04. The number of carbonyl (C=O) groups is 2. The maximum atomic E-state index is 12.5. The van der Waals surface area contributed by atoms with Crippen molar-refractivity contribution in [3.63, 3.8) is 0 Å². The second-order valence-electron chi connectivity index (χ2n) is 6.90. The third-order valence-electron chi connectivity index (χ3n) is 4.92. The number of esters is 1. The summed E-state index contributed by atoms with van der Waals surface area (Å²) in [6.45, 7) is 3.61. The lowest BCUT2D eigenvalue weighted by Gasteiger charge is -2.34. The first-order valence-corrected chi connectivity index (χ1v) is 10.4. The molecule has 0 radical (unpaired) electrons. The lowest BCUT2D eigenvalue weighted by Crippen LogP contribution is -2.50. The number of halogens is 1. The summed E-state index contributed by atoms with van der Waals surface area (Å²) in [5.74, 6) is -0.133. The minimum Gasteiger partial charge on any atom is -0.466 e. The minimum absolute atomic E-state index is 0.0430. The summed E-state index contributed by atoms with van der Waals surface area (Å²) in [6.07, 6.45) is 3.86. The number of hydrogen-bond acceptors (Lipinski definition) is 6. The van der Waals surface area contributed by atoms with Gasteiger partial charge in [0.25, 0.3) is 0 Å². The Hall–Kier alpha value is -3.09. The molecular formula is C21H24ClN5O4. The fourth-order valence-corrected chi connectivity index (χ4v) is 3.64. The Morgan fingerprint density at radius 1 is 1.42 bits per heavy atom. The summed E-state index contributed by atoms with van der Waals surface area (Å²) in [5.41, 5.74) is 1.82. The van der Waals surface area contributed by atoms with E-state index in [0.29, 0.717) is 37.3 Å². The third kappa shape index (κ3) is 5.75. The van der Waals surface area contributed by atoms with E-state index in [-0.39, 0.29) is 37.5 Å². The number of nitrogens with one attached hydrogen (secondary N) is 1. The summed E-state index contributed by atoms with van der Waals surface area (Å²) < 4.78 is 10.2. The van der Waals surface area contributed by atoms with Gasteiger partial charge in [0.05, 0.1) is 38.8 Å². The third-order valence-corrected chi connectivity index (χ3v) is 5.17. The molecule has 1 amide bonds. The average Bonchev–Trinajstić information content (AvgIpc) is 3.19. The molecule has 0 saturated carbocycles. The van der Waals surface area contributed by atoms with E-state index in [1.54, 1.807) is 28.9 Å². The molecule has 1 aromatic rings. The van der Waals surface area contributed by atoms with Gasteiger partial charge in [-0.2, -0.15) is 5.26 Å². The van der Waals surface area contributed by atoms with Gasteiger partial charge in [0.1, 0.15) is 6.61 Å². The van der Waals surface area contributed by atoms with Gasteiger partial charge < -0.3 is 19.3 Å². The number of nitrogens with zero attached hydrogens (tertiary/aromatic N) is 4. The van der Waals surface area contributed by atoms with Crippen molar-refractivity contribution < 1.29 is 19.1 Å². The molecule has 1 unspecified atom stereocenters. The van der Waals surface area contributed by atoms with Crippen LogP contribution in [0.4, 0.5) is 0 Å². The first kappa shape index (κ1) is 22.6. The van der Waals surface area contributed by atoms with Crippen molar-refractivity contribution in [3.8, 4) is 6.19 Å². The van der Waals surface area contributed by atoms with Crippen LogP contribution in [-0.2, 0) is 19.1 Å². The molecule has 2 aliphatic heterocycles. The van der Waals surface area contributed by atoms with Gasteiger partial charge in [0.15, 0.2) is 6.19 Å². The van der Waals surface area contributed by atoms with E-state index in [1.807, 2.05) is 24.5 Å². The molecule has 0 spiro atoms. The van der Waals surface area contributed by atoms with E-state index in [4.69, 9.17) is 21.1 Å². The number of amides is 1. The highest BCUT2D eigenvalue weighted by Crippen LogP contribution is 2.31. The van der Waals surface area contributed by atoms with Crippen LogP contribution in [0.3, 0.4) is 0 Å². The molecular weight excluding hydrogens is 422 g/mol. The van der Waals surface area contributed by atoms with Crippen LogP contribution in [0.5, 0.6) is 0 Å². The summed E-state index contributed by atoms with van der Waals surface area (Å²) in [4.78, 5) is 32.0. The summed E-state index contributed by atoms with van der Waals surface area (Å²) in [5, 5.41) is 12.4. The average molecular weight is 446 g/mol. The van der Waals surface area contributed by atoms with Gasteiger partial charge in [-0.25, -0.2) is 0 Å². The van der Waals surface area contributed by atoms with Crippen LogP contribution in [0.25, 0.3) is 5.57 Å². The van der Waals surface area contributed by atoms with E-state index in [9.17, 15) is 14.9 Å². The Kier molecular flexibility index (Phi) is 7.87. The van der Waals surface area contributed by atoms with Crippen LogP contribution >= 0.6 is 11.6 Å². The molecule has 0 aromatic heterocycles. The second-order valence-corrected chi connectivity index (χ2v) is 7.33. The number of rotatable bonds is 6. The molecule has 31 heavy (non-hydrogen) atoms. The summed E-state index contributed by atoms with van der Waals surface area (Å²) in [6, 6.07) is 7.13.